The number of hydrogen-bond acceptors (Lipinski definition) is 3. The maximum absolute atomic E-state index is 15.2. The maximum atomic E-state index is 15.2. The lowest BCUT2D eigenvalue weighted by atomic mass is 9.85. The Hall–Kier alpha value is -1.47. The molecule has 2 aromatic rings. The summed E-state index contributed by atoms with van der Waals surface area (Å²) in [6.07, 6.45) is 5.02. The number of benzene rings is 2. The minimum Gasteiger partial charge on any atom is -0.299 e. The number of nitrogens with zero attached hydrogens (tertiary/aromatic N) is 2. The van der Waals surface area contributed by atoms with Crippen LogP contribution in [0.5, 0.6) is 0 Å². The van der Waals surface area contributed by atoms with E-state index in [1.165, 1.54) is 17.5 Å². The zero-order valence-electron chi connectivity index (χ0n) is 18.7. The van der Waals surface area contributed by atoms with E-state index in [1.807, 2.05) is 18.2 Å². The van der Waals surface area contributed by atoms with Gasteiger partial charge in [0.1, 0.15) is 5.82 Å². The van der Waals surface area contributed by atoms with Crippen LogP contribution >= 0.6 is 11.6 Å². The van der Waals surface area contributed by atoms with Gasteiger partial charge in [0.05, 0.1) is 5.75 Å². The molecule has 2 aliphatic carbocycles. The fraction of sp³-hybridized carbons (Fsp3) is 0.538. The van der Waals surface area contributed by atoms with Crippen LogP contribution in [0.25, 0.3) is 0 Å². The Morgan fingerprint density at radius 1 is 1.06 bits per heavy atom. The lowest BCUT2D eigenvalue weighted by molar-refractivity contribution is 0.106. The van der Waals surface area contributed by atoms with Crippen LogP contribution in [0, 0.1) is 11.7 Å². The Bertz CT molecular complexity index is 1170. The highest BCUT2D eigenvalue weighted by Gasteiger charge is 2.43. The van der Waals surface area contributed by atoms with Gasteiger partial charge in [-0.05, 0) is 91.6 Å². The summed E-state index contributed by atoms with van der Waals surface area (Å²) in [5.41, 5.74) is 4.24. The van der Waals surface area contributed by atoms with Gasteiger partial charge in [-0.1, -0.05) is 29.8 Å². The van der Waals surface area contributed by atoms with Crippen molar-refractivity contribution in [3.05, 3.63) is 69.5 Å². The van der Waals surface area contributed by atoms with Crippen molar-refractivity contribution >= 4 is 21.6 Å². The van der Waals surface area contributed by atoms with Crippen LogP contribution < -0.4 is 0 Å². The van der Waals surface area contributed by atoms with Crippen LogP contribution in [-0.4, -0.2) is 55.6 Å². The Kier molecular flexibility index (Phi) is 5.56. The minimum absolute atomic E-state index is 0.0563. The Labute approximate surface area is 200 Å². The molecule has 0 aromatic heterocycles. The number of hydrogen-bond donors (Lipinski definition) is 0. The fourth-order valence-corrected chi connectivity index (χ4v) is 7.99. The van der Waals surface area contributed by atoms with Gasteiger partial charge in [0.25, 0.3) is 0 Å². The molecule has 2 unspecified atom stereocenters. The zero-order valence-corrected chi connectivity index (χ0v) is 20.3. The summed E-state index contributed by atoms with van der Waals surface area (Å²) in [5.74, 6) is 0.651. The van der Waals surface area contributed by atoms with Crippen molar-refractivity contribution in [1.29, 1.82) is 0 Å². The molecule has 2 aromatic carbocycles. The van der Waals surface area contributed by atoms with E-state index in [-0.39, 0.29) is 17.5 Å². The summed E-state index contributed by atoms with van der Waals surface area (Å²) in [7, 11) is -3.21. The first kappa shape index (κ1) is 22.0. The summed E-state index contributed by atoms with van der Waals surface area (Å²) in [5, 5.41) is 0.744. The van der Waals surface area contributed by atoms with Gasteiger partial charge < -0.3 is 0 Å². The predicted octanol–water partition coefficient (Wildman–Crippen LogP) is 4.57. The van der Waals surface area contributed by atoms with E-state index in [0.29, 0.717) is 36.5 Å². The molecule has 2 atom stereocenters. The zero-order chi connectivity index (χ0) is 22.7. The summed E-state index contributed by atoms with van der Waals surface area (Å²) >= 11 is 6.25. The van der Waals surface area contributed by atoms with Crippen molar-refractivity contribution in [1.82, 2.24) is 9.21 Å². The van der Waals surface area contributed by atoms with Crippen molar-refractivity contribution in [2.24, 2.45) is 5.92 Å². The molecule has 176 valence electrons. The second kappa shape index (κ2) is 8.33. The van der Waals surface area contributed by atoms with Crippen molar-refractivity contribution < 1.29 is 12.8 Å². The highest BCUT2D eigenvalue weighted by atomic mass is 35.5. The highest BCUT2D eigenvalue weighted by molar-refractivity contribution is 7.89. The third-order valence-electron chi connectivity index (χ3n) is 8.08. The fourth-order valence-electron chi connectivity index (χ4n) is 5.83. The molecule has 0 spiro atoms. The molecular formula is C26H30ClFN2O2S. The van der Waals surface area contributed by atoms with Crippen LogP contribution in [0.3, 0.4) is 0 Å². The molecule has 33 heavy (non-hydrogen) atoms. The quantitative estimate of drug-likeness (QED) is 0.573. The van der Waals surface area contributed by atoms with E-state index in [1.54, 1.807) is 10.4 Å². The van der Waals surface area contributed by atoms with E-state index >= 15 is 4.39 Å². The van der Waals surface area contributed by atoms with E-state index in [2.05, 4.69) is 17.0 Å². The summed E-state index contributed by atoms with van der Waals surface area (Å²) in [4.78, 5) is 2.53. The van der Waals surface area contributed by atoms with E-state index in [0.717, 1.165) is 49.4 Å². The molecule has 4 aliphatic rings. The van der Waals surface area contributed by atoms with Crippen molar-refractivity contribution in [3.8, 4) is 0 Å². The van der Waals surface area contributed by atoms with Crippen LogP contribution in [0.4, 0.5) is 4.39 Å². The van der Waals surface area contributed by atoms with Gasteiger partial charge in [0.15, 0.2) is 0 Å². The normalized spacial score (nSPS) is 26.1. The van der Waals surface area contributed by atoms with Gasteiger partial charge in [-0.2, -0.15) is 0 Å². The van der Waals surface area contributed by atoms with Gasteiger partial charge in [-0.3, -0.25) is 4.90 Å². The molecule has 0 radical (unpaired) electrons. The van der Waals surface area contributed by atoms with Gasteiger partial charge in [0.2, 0.25) is 10.0 Å². The number of rotatable bonds is 7. The Morgan fingerprint density at radius 3 is 2.52 bits per heavy atom. The maximum Gasteiger partial charge on any atom is 0.214 e. The molecule has 0 amide bonds. The first-order chi connectivity index (χ1) is 15.9. The topological polar surface area (TPSA) is 40.6 Å². The van der Waals surface area contributed by atoms with Gasteiger partial charge in [-0.15, -0.1) is 0 Å². The number of halogens is 2. The minimum atomic E-state index is -3.21. The van der Waals surface area contributed by atoms with Crippen molar-refractivity contribution in [2.75, 3.05) is 31.9 Å². The third kappa shape index (κ3) is 4.24. The molecule has 1 saturated carbocycles. The number of likely N-dealkylation sites (tertiary alicyclic amines) is 1. The monoisotopic (exact) mass is 488 g/mol. The molecule has 6 rings (SSSR count). The molecule has 4 nitrogen and oxygen atoms in total. The summed E-state index contributed by atoms with van der Waals surface area (Å²) < 4.78 is 41.9. The second-order valence-electron chi connectivity index (χ2n) is 10.4. The molecule has 0 bridgehead atoms. The van der Waals surface area contributed by atoms with Crippen molar-refractivity contribution in [2.45, 2.75) is 50.0 Å². The Morgan fingerprint density at radius 2 is 1.85 bits per heavy atom. The standard InChI is InChI=1S/C26H30ClFN2O2S/c27-21-4-1-3-18(9-21)10-24-22-13-23(20-14-30(15-20)33(31,32)16-17-5-6-17)25(28)11-19(22)12-26(24)29-7-2-8-29/h1,3-4,9,11,13,17,20,24,26H,2,5-8,10,12,14-16H2. The first-order valence-electron chi connectivity index (χ1n) is 12.2. The van der Waals surface area contributed by atoms with Crippen LogP contribution in [0.15, 0.2) is 36.4 Å². The molecule has 3 fully saturated rings. The second-order valence-corrected chi connectivity index (χ2v) is 12.9. The molecular weight excluding hydrogens is 459 g/mol. The average Bonchev–Trinajstić information content (AvgIpc) is 3.42. The van der Waals surface area contributed by atoms with Gasteiger partial charge >= 0.3 is 0 Å². The van der Waals surface area contributed by atoms with Crippen molar-refractivity contribution in [3.63, 3.8) is 0 Å². The molecule has 2 saturated heterocycles. The first-order valence-corrected chi connectivity index (χ1v) is 14.1. The smallest absolute Gasteiger partial charge is 0.214 e. The molecule has 7 heteroatoms. The Balaban J connectivity index is 1.26. The summed E-state index contributed by atoms with van der Waals surface area (Å²) in [6, 6.07) is 12.2. The lowest BCUT2D eigenvalue weighted by Gasteiger charge is -2.40. The predicted molar refractivity (Wildman–Crippen MR) is 129 cm³/mol. The number of fused-ring (bicyclic) bond motifs is 1. The molecule has 2 aliphatic heterocycles. The third-order valence-corrected chi connectivity index (χ3v) is 10.3. The van der Waals surface area contributed by atoms with E-state index in [4.69, 9.17) is 11.6 Å². The molecule has 2 heterocycles. The van der Waals surface area contributed by atoms with E-state index < -0.39 is 10.0 Å². The SMILES string of the molecule is O=S(=O)(CC1CC1)N1CC(c2cc3c(cc2F)CC(N2CCC2)C3Cc2cccc(Cl)c2)C1. The van der Waals surface area contributed by atoms with Gasteiger partial charge in [0, 0.05) is 36.0 Å². The van der Waals surface area contributed by atoms with Crippen LogP contribution in [0.2, 0.25) is 5.02 Å². The number of sulfonamides is 1. The van der Waals surface area contributed by atoms with Crippen LogP contribution in [0.1, 0.15) is 53.4 Å². The highest BCUT2D eigenvalue weighted by Crippen LogP contribution is 2.43. The van der Waals surface area contributed by atoms with Crippen LogP contribution in [-0.2, 0) is 22.9 Å². The summed E-state index contributed by atoms with van der Waals surface area (Å²) in [6.45, 7) is 3.02. The molecule has 0 N–H and O–H groups in total. The average molecular weight is 489 g/mol. The van der Waals surface area contributed by atoms with E-state index in [9.17, 15) is 8.42 Å². The van der Waals surface area contributed by atoms with Gasteiger partial charge in [-0.25, -0.2) is 17.1 Å². The largest absolute Gasteiger partial charge is 0.299 e. The lowest BCUT2D eigenvalue weighted by Crippen LogP contribution is -2.49.